The summed E-state index contributed by atoms with van der Waals surface area (Å²) in [5, 5.41) is 4.14. The van der Waals surface area contributed by atoms with Crippen LogP contribution in [0.3, 0.4) is 0 Å². The standard InChI is InChI=1S/C21H20F3N5O2S/c1-11(2)18-14(10-26-29(18)17-7-6-13(9-25-17)21(22,23)24)19(30)27-28-20(31)16-8-12-4-3-5-15(12)32-16/h6-11H,3-5H2,1-2H3,(H,27,30)(H,28,31). The van der Waals surface area contributed by atoms with Gasteiger partial charge < -0.3 is 0 Å². The molecule has 32 heavy (non-hydrogen) atoms. The minimum Gasteiger partial charge on any atom is -0.267 e. The van der Waals surface area contributed by atoms with Gasteiger partial charge >= 0.3 is 6.18 Å². The summed E-state index contributed by atoms with van der Waals surface area (Å²) in [7, 11) is 0. The second-order valence-electron chi connectivity index (χ2n) is 7.73. The quantitative estimate of drug-likeness (QED) is 0.572. The van der Waals surface area contributed by atoms with Crippen molar-refractivity contribution in [3.63, 3.8) is 0 Å². The van der Waals surface area contributed by atoms with Crippen molar-refractivity contribution in [1.29, 1.82) is 0 Å². The third kappa shape index (κ3) is 4.24. The first kappa shape index (κ1) is 22.0. The molecule has 7 nitrogen and oxygen atoms in total. The van der Waals surface area contributed by atoms with Gasteiger partial charge in [0, 0.05) is 11.1 Å². The molecule has 1 aliphatic carbocycles. The lowest BCUT2D eigenvalue weighted by Crippen LogP contribution is -2.41. The van der Waals surface area contributed by atoms with Gasteiger partial charge in [0.25, 0.3) is 11.8 Å². The number of alkyl halides is 3. The zero-order chi connectivity index (χ0) is 23.0. The van der Waals surface area contributed by atoms with Crippen LogP contribution >= 0.6 is 11.3 Å². The number of hydrazine groups is 1. The molecule has 0 saturated heterocycles. The number of amides is 2. The molecule has 0 bridgehead atoms. The summed E-state index contributed by atoms with van der Waals surface area (Å²) in [5.74, 6) is -1.03. The molecule has 3 heterocycles. The predicted molar refractivity (Wildman–Crippen MR) is 112 cm³/mol. The first-order chi connectivity index (χ1) is 15.1. The molecule has 0 saturated carbocycles. The molecular weight excluding hydrogens is 443 g/mol. The van der Waals surface area contributed by atoms with Crippen LogP contribution in [0.5, 0.6) is 0 Å². The molecule has 4 rings (SSSR count). The second-order valence-corrected chi connectivity index (χ2v) is 8.87. The summed E-state index contributed by atoms with van der Waals surface area (Å²) in [6.45, 7) is 3.64. The maximum Gasteiger partial charge on any atom is 0.417 e. The molecule has 0 unspecified atom stereocenters. The molecule has 0 spiro atoms. The van der Waals surface area contributed by atoms with E-state index >= 15 is 0 Å². The molecule has 3 aromatic heterocycles. The van der Waals surface area contributed by atoms with E-state index in [0.717, 1.165) is 31.5 Å². The second kappa shape index (κ2) is 8.38. The van der Waals surface area contributed by atoms with E-state index in [1.807, 2.05) is 19.9 Å². The third-order valence-corrected chi connectivity index (χ3v) is 6.39. The Bertz CT molecular complexity index is 1140. The fraction of sp³-hybridized carbons (Fsp3) is 0.333. The van der Waals surface area contributed by atoms with E-state index in [2.05, 4.69) is 20.9 Å². The third-order valence-electron chi connectivity index (χ3n) is 5.15. The summed E-state index contributed by atoms with van der Waals surface area (Å²) in [6.07, 6.45) is 0.544. The predicted octanol–water partition coefficient (Wildman–Crippen LogP) is 4.03. The number of rotatable bonds is 4. The number of carbonyl (C=O) groups is 2. The Balaban J connectivity index is 1.51. The average molecular weight is 463 g/mol. The van der Waals surface area contributed by atoms with Crippen LogP contribution in [0, 0.1) is 0 Å². The average Bonchev–Trinajstić information content (AvgIpc) is 3.45. The van der Waals surface area contributed by atoms with Crippen LogP contribution in [0.15, 0.2) is 30.6 Å². The van der Waals surface area contributed by atoms with Crippen LogP contribution < -0.4 is 10.9 Å². The van der Waals surface area contributed by atoms with Gasteiger partial charge in [-0.25, -0.2) is 9.67 Å². The van der Waals surface area contributed by atoms with E-state index in [0.29, 0.717) is 10.6 Å². The summed E-state index contributed by atoms with van der Waals surface area (Å²) in [6, 6.07) is 3.95. The van der Waals surface area contributed by atoms with E-state index < -0.39 is 23.6 Å². The number of fused-ring (bicyclic) bond motifs is 1. The van der Waals surface area contributed by atoms with Crippen molar-refractivity contribution in [2.45, 2.75) is 45.2 Å². The number of nitrogens with zero attached hydrogens (tertiary/aromatic N) is 3. The van der Waals surface area contributed by atoms with Gasteiger partial charge in [-0.1, -0.05) is 13.8 Å². The minimum atomic E-state index is -4.50. The Morgan fingerprint density at radius 3 is 2.50 bits per heavy atom. The van der Waals surface area contributed by atoms with Crippen molar-refractivity contribution in [1.82, 2.24) is 25.6 Å². The van der Waals surface area contributed by atoms with Gasteiger partial charge in [0.15, 0.2) is 5.82 Å². The molecule has 0 atom stereocenters. The van der Waals surface area contributed by atoms with Gasteiger partial charge in [0.2, 0.25) is 0 Å². The molecule has 0 aliphatic heterocycles. The molecule has 2 amide bonds. The lowest BCUT2D eigenvalue weighted by atomic mass is 10.1. The Kier molecular flexibility index (Phi) is 5.76. The molecule has 168 valence electrons. The summed E-state index contributed by atoms with van der Waals surface area (Å²) in [4.78, 5) is 30.7. The van der Waals surface area contributed by atoms with E-state index in [-0.39, 0.29) is 17.3 Å². The van der Waals surface area contributed by atoms with Crippen LogP contribution in [0.2, 0.25) is 0 Å². The zero-order valence-corrected chi connectivity index (χ0v) is 18.1. The molecule has 2 N–H and O–H groups in total. The SMILES string of the molecule is CC(C)c1c(C(=O)NNC(=O)c2cc3c(s2)CCC3)cnn1-c1ccc(C(F)(F)F)cn1. The number of halogens is 3. The Morgan fingerprint density at radius 2 is 1.88 bits per heavy atom. The van der Waals surface area contributed by atoms with Crippen molar-refractivity contribution in [2.24, 2.45) is 0 Å². The van der Waals surface area contributed by atoms with Gasteiger partial charge in [0.05, 0.1) is 27.9 Å². The van der Waals surface area contributed by atoms with E-state index in [1.165, 1.54) is 38.7 Å². The smallest absolute Gasteiger partial charge is 0.267 e. The van der Waals surface area contributed by atoms with Gasteiger partial charge in [-0.3, -0.25) is 20.4 Å². The van der Waals surface area contributed by atoms with Crippen molar-refractivity contribution < 1.29 is 22.8 Å². The van der Waals surface area contributed by atoms with Crippen LogP contribution in [0.4, 0.5) is 13.2 Å². The maximum absolute atomic E-state index is 12.8. The lowest BCUT2D eigenvalue weighted by molar-refractivity contribution is -0.137. The summed E-state index contributed by atoms with van der Waals surface area (Å²) < 4.78 is 39.8. The Labute approximate surface area is 185 Å². The van der Waals surface area contributed by atoms with Crippen molar-refractivity contribution in [2.75, 3.05) is 0 Å². The number of carbonyl (C=O) groups excluding carboxylic acids is 2. The van der Waals surface area contributed by atoms with Crippen LogP contribution in [0.1, 0.15) is 67.9 Å². The fourth-order valence-electron chi connectivity index (χ4n) is 3.63. The first-order valence-corrected chi connectivity index (χ1v) is 10.8. The van der Waals surface area contributed by atoms with Gasteiger partial charge in [-0.05, 0) is 48.9 Å². The van der Waals surface area contributed by atoms with Crippen LogP contribution in [0.25, 0.3) is 5.82 Å². The lowest BCUT2D eigenvalue weighted by Gasteiger charge is -2.13. The Morgan fingerprint density at radius 1 is 1.12 bits per heavy atom. The highest BCUT2D eigenvalue weighted by Gasteiger charge is 2.31. The monoisotopic (exact) mass is 463 g/mol. The minimum absolute atomic E-state index is 0.151. The highest BCUT2D eigenvalue weighted by molar-refractivity contribution is 7.14. The highest BCUT2D eigenvalue weighted by Crippen LogP contribution is 2.31. The van der Waals surface area contributed by atoms with Crippen LogP contribution in [-0.2, 0) is 19.0 Å². The van der Waals surface area contributed by atoms with Gasteiger partial charge in [-0.15, -0.1) is 11.3 Å². The molecule has 0 fully saturated rings. The summed E-state index contributed by atoms with van der Waals surface area (Å²) >= 11 is 1.42. The molecule has 1 aliphatic rings. The van der Waals surface area contributed by atoms with Crippen LogP contribution in [-0.4, -0.2) is 26.6 Å². The number of hydrogen-bond acceptors (Lipinski definition) is 5. The maximum atomic E-state index is 12.8. The number of pyridine rings is 1. The van der Waals surface area contributed by atoms with Crippen molar-refractivity contribution >= 4 is 23.2 Å². The Hall–Kier alpha value is -3.21. The topological polar surface area (TPSA) is 88.9 Å². The van der Waals surface area contributed by atoms with Gasteiger partial charge in [0.1, 0.15) is 0 Å². The number of aromatic nitrogens is 3. The van der Waals surface area contributed by atoms with Crippen molar-refractivity contribution in [3.05, 3.63) is 62.7 Å². The molecule has 0 aromatic carbocycles. The van der Waals surface area contributed by atoms with E-state index in [9.17, 15) is 22.8 Å². The highest BCUT2D eigenvalue weighted by atomic mass is 32.1. The number of hydrogen-bond donors (Lipinski definition) is 2. The normalized spacial score (nSPS) is 13.3. The molecule has 0 radical (unpaired) electrons. The van der Waals surface area contributed by atoms with Crippen molar-refractivity contribution in [3.8, 4) is 5.82 Å². The molecule has 11 heteroatoms. The number of nitrogens with one attached hydrogen (secondary N) is 2. The fourth-order valence-corrected chi connectivity index (χ4v) is 4.78. The van der Waals surface area contributed by atoms with E-state index in [4.69, 9.17) is 0 Å². The summed E-state index contributed by atoms with van der Waals surface area (Å²) in [5.41, 5.74) is 5.77. The first-order valence-electron chi connectivity index (χ1n) is 9.99. The number of thiophene rings is 1. The molecule has 3 aromatic rings. The number of aryl methyl sites for hydroxylation is 2. The van der Waals surface area contributed by atoms with E-state index in [1.54, 1.807) is 0 Å². The largest absolute Gasteiger partial charge is 0.417 e. The molecular formula is C21H20F3N5O2S. The van der Waals surface area contributed by atoms with Gasteiger partial charge in [-0.2, -0.15) is 18.3 Å². The zero-order valence-electron chi connectivity index (χ0n) is 17.3.